The Labute approximate surface area is 115 Å². The van der Waals surface area contributed by atoms with Gasteiger partial charge in [-0.25, -0.2) is 0 Å². The third kappa shape index (κ3) is 3.42. The third-order valence-corrected chi connectivity index (χ3v) is 3.81. The second kappa shape index (κ2) is 5.82. The lowest BCUT2D eigenvalue weighted by Gasteiger charge is -2.16. The molecule has 0 bridgehead atoms. The number of hydrogen-bond acceptors (Lipinski definition) is 2. The minimum atomic E-state index is 0.169. The minimum absolute atomic E-state index is 0.169. The summed E-state index contributed by atoms with van der Waals surface area (Å²) < 4.78 is 1.16. The smallest absolute Gasteiger partial charge is 0.227 e. The van der Waals surface area contributed by atoms with E-state index in [-0.39, 0.29) is 18.4 Å². The van der Waals surface area contributed by atoms with Crippen molar-refractivity contribution in [3.8, 4) is 0 Å². The first kappa shape index (κ1) is 12.8. The van der Waals surface area contributed by atoms with E-state index >= 15 is 0 Å². The van der Waals surface area contributed by atoms with Crippen LogP contribution in [0.15, 0.2) is 24.3 Å². The molecule has 0 saturated carbocycles. The fourth-order valence-corrected chi connectivity index (χ4v) is 2.75. The van der Waals surface area contributed by atoms with E-state index in [0.717, 1.165) is 22.1 Å². The quantitative estimate of drug-likeness (QED) is 0.847. The lowest BCUT2D eigenvalue weighted by atomic mass is 10.1. The van der Waals surface area contributed by atoms with Crippen LogP contribution in [0.3, 0.4) is 0 Å². The van der Waals surface area contributed by atoms with Gasteiger partial charge in [0.25, 0.3) is 0 Å². The molecule has 3 nitrogen and oxygen atoms in total. The van der Waals surface area contributed by atoms with Crippen LogP contribution in [-0.2, 0) is 11.2 Å². The summed E-state index contributed by atoms with van der Waals surface area (Å²) in [5, 5.41) is 9.05. The van der Waals surface area contributed by atoms with Gasteiger partial charge >= 0.3 is 0 Å². The third-order valence-electron chi connectivity index (χ3n) is 3.14. The van der Waals surface area contributed by atoms with E-state index in [9.17, 15) is 4.79 Å². The number of hydrogen-bond donors (Lipinski definition) is 1. The van der Waals surface area contributed by atoms with Crippen LogP contribution < -0.4 is 0 Å². The molecule has 1 amide bonds. The van der Waals surface area contributed by atoms with Gasteiger partial charge in [-0.3, -0.25) is 4.79 Å². The summed E-state index contributed by atoms with van der Waals surface area (Å²) in [6.07, 6.45) is 1.39. The number of aliphatic hydroxyl groups excluding tert-OH is 1. The Morgan fingerprint density at radius 3 is 3.00 bits per heavy atom. The summed E-state index contributed by atoms with van der Waals surface area (Å²) in [6, 6.07) is 8.02. The van der Waals surface area contributed by atoms with E-state index in [1.165, 1.54) is 0 Å². The highest BCUT2D eigenvalue weighted by molar-refractivity contribution is 14.1. The predicted octanol–water partition coefficient (Wildman–Crippen LogP) is 1.67. The van der Waals surface area contributed by atoms with Gasteiger partial charge in [-0.05, 0) is 46.7 Å². The molecule has 4 heteroatoms. The van der Waals surface area contributed by atoms with Gasteiger partial charge < -0.3 is 10.0 Å². The van der Waals surface area contributed by atoms with Gasteiger partial charge in [0, 0.05) is 29.2 Å². The van der Waals surface area contributed by atoms with Gasteiger partial charge in [0.1, 0.15) is 0 Å². The van der Waals surface area contributed by atoms with Crippen molar-refractivity contribution in [3.05, 3.63) is 33.4 Å². The number of aliphatic hydroxyl groups is 1. The molecule has 0 radical (unpaired) electrons. The van der Waals surface area contributed by atoms with E-state index in [1.807, 2.05) is 29.2 Å². The summed E-state index contributed by atoms with van der Waals surface area (Å²) in [4.78, 5) is 13.9. The topological polar surface area (TPSA) is 40.5 Å². The number of rotatable bonds is 3. The van der Waals surface area contributed by atoms with Crippen LogP contribution in [0.1, 0.15) is 12.0 Å². The highest BCUT2D eigenvalue weighted by Crippen LogP contribution is 2.17. The van der Waals surface area contributed by atoms with Crippen LogP contribution in [0.25, 0.3) is 0 Å². The van der Waals surface area contributed by atoms with Gasteiger partial charge in [0.2, 0.25) is 5.91 Å². The highest BCUT2D eigenvalue weighted by atomic mass is 127. The molecule has 1 aliphatic heterocycles. The Bertz CT molecular complexity index is 408. The number of nitrogens with zero attached hydrogens (tertiary/aromatic N) is 1. The number of carbonyl (C=O) groups is 1. The second-order valence-electron chi connectivity index (χ2n) is 4.48. The van der Waals surface area contributed by atoms with Crippen LogP contribution in [0.5, 0.6) is 0 Å². The maximum Gasteiger partial charge on any atom is 0.227 e. The molecule has 0 aliphatic carbocycles. The largest absolute Gasteiger partial charge is 0.396 e. The van der Waals surface area contributed by atoms with E-state index in [1.54, 1.807) is 0 Å². The maximum absolute atomic E-state index is 12.0. The summed E-state index contributed by atoms with van der Waals surface area (Å²) in [7, 11) is 0. The number of amides is 1. The fraction of sp³-hybridized carbons (Fsp3) is 0.462. The molecule has 1 atom stereocenters. The second-order valence-corrected chi connectivity index (χ2v) is 5.73. The average Bonchev–Trinajstić information content (AvgIpc) is 2.77. The molecular weight excluding hydrogens is 329 g/mol. The molecule has 1 unspecified atom stereocenters. The van der Waals surface area contributed by atoms with E-state index in [2.05, 4.69) is 22.6 Å². The first-order valence-corrected chi connectivity index (χ1v) is 6.90. The molecule has 1 N–H and O–H groups in total. The Kier molecular flexibility index (Phi) is 4.39. The van der Waals surface area contributed by atoms with Crippen molar-refractivity contribution in [3.63, 3.8) is 0 Å². The molecule has 0 spiro atoms. The van der Waals surface area contributed by atoms with Crippen molar-refractivity contribution >= 4 is 28.5 Å². The number of halogens is 1. The molecule has 1 heterocycles. The van der Waals surface area contributed by atoms with Crippen molar-refractivity contribution < 1.29 is 9.90 Å². The Morgan fingerprint density at radius 1 is 1.53 bits per heavy atom. The average molecular weight is 345 g/mol. The number of likely N-dealkylation sites (tertiary alicyclic amines) is 1. The van der Waals surface area contributed by atoms with Crippen LogP contribution in [0.4, 0.5) is 0 Å². The zero-order valence-corrected chi connectivity index (χ0v) is 11.8. The monoisotopic (exact) mass is 345 g/mol. The van der Waals surface area contributed by atoms with Gasteiger partial charge in [-0.1, -0.05) is 12.1 Å². The highest BCUT2D eigenvalue weighted by Gasteiger charge is 2.25. The lowest BCUT2D eigenvalue weighted by Crippen LogP contribution is -2.30. The first-order chi connectivity index (χ1) is 8.19. The molecule has 0 aromatic heterocycles. The maximum atomic E-state index is 12.0. The van der Waals surface area contributed by atoms with E-state index < -0.39 is 0 Å². The molecular formula is C13H16INO2. The summed E-state index contributed by atoms with van der Waals surface area (Å²) in [5.74, 6) is 0.442. The number of carbonyl (C=O) groups excluding carboxylic acids is 1. The molecule has 1 aliphatic rings. The van der Waals surface area contributed by atoms with Crippen molar-refractivity contribution in [1.82, 2.24) is 4.90 Å². The van der Waals surface area contributed by atoms with Gasteiger partial charge in [-0.2, -0.15) is 0 Å². The zero-order chi connectivity index (χ0) is 12.3. The minimum Gasteiger partial charge on any atom is -0.396 e. The molecule has 1 fully saturated rings. The van der Waals surface area contributed by atoms with Gasteiger partial charge in [0.05, 0.1) is 6.42 Å². The molecule has 17 heavy (non-hydrogen) atoms. The molecule has 1 saturated heterocycles. The Hall–Kier alpha value is -0.620. The standard InChI is InChI=1S/C13H16INO2/c14-12-3-1-2-10(6-12)7-13(17)15-5-4-11(8-15)9-16/h1-3,6,11,16H,4-5,7-9H2. The Balaban J connectivity index is 1.93. The van der Waals surface area contributed by atoms with Crippen LogP contribution >= 0.6 is 22.6 Å². The predicted molar refractivity (Wildman–Crippen MR) is 74.6 cm³/mol. The normalized spacial score (nSPS) is 19.6. The lowest BCUT2D eigenvalue weighted by molar-refractivity contribution is -0.129. The first-order valence-electron chi connectivity index (χ1n) is 5.82. The van der Waals surface area contributed by atoms with Crippen molar-refractivity contribution in [2.24, 2.45) is 5.92 Å². The molecule has 2 rings (SSSR count). The SMILES string of the molecule is O=C(Cc1cccc(I)c1)N1CCC(CO)C1. The molecule has 1 aromatic carbocycles. The molecule has 92 valence electrons. The van der Waals surface area contributed by atoms with Crippen molar-refractivity contribution in [2.45, 2.75) is 12.8 Å². The summed E-state index contributed by atoms with van der Waals surface area (Å²) >= 11 is 2.25. The molecule has 1 aromatic rings. The Morgan fingerprint density at radius 2 is 2.35 bits per heavy atom. The van der Waals surface area contributed by atoms with Gasteiger partial charge in [0.15, 0.2) is 0 Å². The zero-order valence-electron chi connectivity index (χ0n) is 9.60. The van der Waals surface area contributed by atoms with E-state index in [0.29, 0.717) is 13.0 Å². The van der Waals surface area contributed by atoms with Crippen LogP contribution in [0, 0.1) is 9.49 Å². The van der Waals surface area contributed by atoms with Crippen LogP contribution in [0.2, 0.25) is 0 Å². The van der Waals surface area contributed by atoms with Crippen LogP contribution in [-0.4, -0.2) is 35.6 Å². The summed E-state index contributed by atoms with van der Waals surface area (Å²) in [5.41, 5.74) is 1.06. The summed E-state index contributed by atoms with van der Waals surface area (Å²) in [6.45, 7) is 1.68. The van der Waals surface area contributed by atoms with E-state index in [4.69, 9.17) is 5.11 Å². The van der Waals surface area contributed by atoms with Crippen molar-refractivity contribution in [2.75, 3.05) is 19.7 Å². The fourth-order valence-electron chi connectivity index (χ4n) is 2.14. The van der Waals surface area contributed by atoms with Gasteiger partial charge in [-0.15, -0.1) is 0 Å². The van der Waals surface area contributed by atoms with Crippen molar-refractivity contribution in [1.29, 1.82) is 0 Å². The number of benzene rings is 1.